The zero-order chi connectivity index (χ0) is 18.8. The van der Waals surface area contributed by atoms with Crippen LogP contribution in [0.2, 0.25) is 0 Å². The Morgan fingerprint density at radius 1 is 0.800 bits per heavy atom. The summed E-state index contributed by atoms with van der Waals surface area (Å²) >= 11 is 0. The number of hydrogen-bond donors (Lipinski definition) is 1. The lowest BCUT2D eigenvalue weighted by atomic mass is 10.1. The summed E-state index contributed by atoms with van der Waals surface area (Å²) in [7, 11) is 0. The topological polar surface area (TPSA) is 54.4 Å². The molecule has 130 valence electrons. The van der Waals surface area contributed by atoms with E-state index in [-0.39, 0.29) is 0 Å². The Hall–Kier alpha value is -2.94. The molecule has 3 heteroatoms. The first-order valence-electron chi connectivity index (χ1n) is 8.01. The van der Waals surface area contributed by atoms with Crippen LogP contribution >= 0.6 is 0 Å². The first-order valence-corrected chi connectivity index (χ1v) is 8.01. The molecule has 2 rings (SSSR count). The number of carboxylic acids is 1. The van der Waals surface area contributed by atoms with Gasteiger partial charge in [0.05, 0.1) is 0 Å². The minimum absolute atomic E-state index is 0.787. The Morgan fingerprint density at radius 3 is 1.68 bits per heavy atom. The van der Waals surface area contributed by atoms with Gasteiger partial charge < -0.3 is 5.11 Å². The van der Waals surface area contributed by atoms with E-state index in [1.54, 1.807) is 12.2 Å². The van der Waals surface area contributed by atoms with Gasteiger partial charge in [0.2, 0.25) is 0 Å². The highest BCUT2D eigenvalue weighted by Gasteiger charge is 1.93. The fraction of sp³-hybridized carbons (Fsp3) is 0.182. The Labute approximate surface area is 149 Å². The van der Waals surface area contributed by atoms with Gasteiger partial charge in [0.15, 0.2) is 0 Å². The molecule has 0 fully saturated rings. The van der Waals surface area contributed by atoms with E-state index in [0.29, 0.717) is 0 Å². The molecule has 0 amide bonds. The molecule has 0 aliphatic carbocycles. The zero-order valence-electron chi connectivity index (χ0n) is 15.1. The summed E-state index contributed by atoms with van der Waals surface area (Å²) in [5, 5.41) is 8.41. The molecule has 0 aliphatic rings. The molecule has 0 spiro atoms. The average Bonchev–Trinajstić information content (AvgIpc) is 2.57. The van der Waals surface area contributed by atoms with Crippen molar-refractivity contribution in [2.24, 2.45) is 0 Å². The standard InChI is InChI=1S/C11H12O2.C11H12O/c1-8-3-4-10(7-9(8)2)5-6-11(12)13;1-9-5-6-11(4-3-7-12)8-10(9)2/h3-7H,1-2H3,(H,12,13);3-8H,1-2H3/b6-5+;4-3+. The van der Waals surface area contributed by atoms with Gasteiger partial charge in [-0.15, -0.1) is 0 Å². The van der Waals surface area contributed by atoms with Crippen molar-refractivity contribution in [2.75, 3.05) is 0 Å². The molecule has 0 atom stereocenters. The van der Waals surface area contributed by atoms with E-state index in [9.17, 15) is 9.59 Å². The van der Waals surface area contributed by atoms with E-state index in [1.165, 1.54) is 28.3 Å². The number of rotatable bonds is 4. The Balaban J connectivity index is 0.000000251. The summed E-state index contributed by atoms with van der Waals surface area (Å²) in [6.07, 6.45) is 6.83. The highest BCUT2D eigenvalue weighted by molar-refractivity contribution is 5.85. The average molecular weight is 336 g/mol. The molecule has 0 aromatic heterocycles. The minimum Gasteiger partial charge on any atom is -0.478 e. The second-order valence-corrected chi connectivity index (χ2v) is 5.85. The van der Waals surface area contributed by atoms with E-state index >= 15 is 0 Å². The van der Waals surface area contributed by atoms with Crippen LogP contribution in [0.15, 0.2) is 48.6 Å². The highest BCUT2D eigenvalue weighted by atomic mass is 16.4. The molecule has 2 aromatic carbocycles. The van der Waals surface area contributed by atoms with Gasteiger partial charge in [-0.3, -0.25) is 4.79 Å². The maximum absolute atomic E-state index is 10.2. The Morgan fingerprint density at radius 2 is 1.28 bits per heavy atom. The number of hydrogen-bond acceptors (Lipinski definition) is 2. The number of benzene rings is 2. The number of aldehydes is 1. The summed E-state index contributed by atoms with van der Waals surface area (Å²) < 4.78 is 0. The van der Waals surface area contributed by atoms with Gasteiger partial charge in [-0.05, 0) is 73.2 Å². The van der Waals surface area contributed by atoms with Gasteiger partial charge in [0, 0.05) is 6.08 Å². The van der Waals surface area contributed by atoms with Crippen molar-refractivity contribution in [1.29, 1.82) is 0 Å². The van der Waals surface area contributed by atoms with Crippen LogP contribution in [0.5, 0.6) is 0 Å². The van der Waals surface area contributed by atoms with Crippen molar-refractivity contribution < 1.29 is 14.7 Å². The molecule has 0 aliphatic heterocycles. The van der Waals surface area contributed by atoms with E-state index in [2.05, 4.69) is 26.0 Å². The number of allylic oxidation sites excluding steroid dienone is 1. The molecule has 1 N–H and O–H groups in total. The molecule has 0 saturated heterocycles. The third-order valence-corrected chi connectivity index (χ3v) is 3.85. The SMILES string of the molecule is Cc1ccc(/C=C/C(=O)O)cc1C.Cc1ccc(/C=C/C=O)cc1C. The quantitative estimate of drug-likeness (QED) is 0.637. The highest BCUT2D eigenvalue weighted by Crippen LogP contribution is 2.11. The molecular formula is C22H24O3. The number of carboxylic acid groups (broad SMARTS) is 1. The van der Waals surface area contributed by atoms with Crippen LogP contribution in [-0.2, 0) is 9.59 Å². The molecular weight excluding hydrogens is 312 g/mol. The van der Waals surface area contributed by atoms with Gasteiger partial charge in [0.1, 0.15) is 6.29 Å². The second kappa shape index (κ2) is 10.0. The zero-order valence-corrected chi connectivity index (χ0v) is 15.1. The summed E-state index contributed by atoms with van der Waals surface area (Å²) in [6.45, 7) is 8.17. The van der Waals surface area contributed by atoms with E-state index in [0.717, 1.165) is 23.5 Å². The van der Waals surface area contributed by atoms with Gasteiger partial charge in [-0.1, -0.05) is 42.5 Å². The Bertz CT molecular complexity index is 799. The van der Waals surface area contributed by atoms with Gasteiger partial charge in [-0.25, -0.2) is 4.79 Å². The third kappa shape index (κ3) is 7.44. The molecule has 3 nitrogen and oxygen atoms in total. The predicted octanol–water partition coefficient (Wildman–Crippen LogP) is 4.92. The fourth-order valence-electron chi connectivity index (χ4n) is 2.05. The number of carbonyl (C=O) groups is 2. The molecule has 0 unspecified atom stereocenters. The normalized spacial score (nSPS) is 10.6. The van der Waals surface area contributed by atoms with Crippen molar-refractivity contribution in [1.82, 2.24) is 0 Å². The molecule has 0 radical (unpaired) electrons. The third-order valence-electron chi connectivity index (χ3n) is 3.85. The molecule has 0 saturated carbocycles. The predicted molar refractivity (Wildman–Crippen MR) is 104 cm³/mol. The lowest BCUT2D eigenvalue weighted by molar-refractivity contribution is -0.131. The van der Waals surface area contributed by atoms with Crippen LogP contribution in [0.25, 0.3) is 12.2 Å². The molecule has 2 aromatic rings. The van der Waals surface area contributed by atoms with E-state index < -0.39 is 5.97 Å². The largest absolute Gasteiger partial charge is 0.478 e. The van der Waals surface area contributed by atoms with Gasteiger partial charge >= 0.3 is 5.97 Å². The first-order chi connectivity index (χ1) is 11.8. The molecule has 0 bridgehead atoms. The van der Waals surface area contributed by atoms with Crippen LogP contribution in [0.1, 0.15) is 33.4 Å². The summed E-state index contributed by atoms with van der Waals surface area (Å²) in [4.78, 5) is 20.3. The number of aryl methyl sites for hydroxylation is 4. The monoisotopic (exact) mass is 336 g/mol. The van der Waals surface area contributed by atoms with Gasteiger partial charge in [0.25, 0.3) is 0 Å². The minimum atomic E-state index is -0.918. The van der Waals surface area contributed by atoms with Crippen molar-refractivity contribution in [3.63, 3.8) is 0 Å². The lowest BCUT2D eigenvalue weighted by Gasteiger charge is -1.99. The van der Waals surface area contributed by atoms with E-state index in [1.807, 2.05) is 38.1 Å². The first kappa shape index (κ1) is 20.1. The summed E-state index contributed by atoms with van der Waals surface area (Å²) in [6, 6.07) is 12.0. The molecule has 0 heterocycles. The second-order valence-electron chi connectivity index (χ2n) is 5.85. The summed E-state index contributed by atoms with van der Waals surface area (Å²) in [5.74, 6) is -0.918. The number of aliphatic carboxylic acids is 1. The smallest absolute Gasteiger partial charge is 0.328 e. The van der Waals surface area contributed by atoms with Gasteiger partial charge in [-0.2, -0.15) is 0 Å². The van der Waals surface area contributed by atoms with Crippen LogP contribution in [-0.4, -0.2) is 17.4 Å². The summed E-state index contributed by atoms with van der Waals surface area (Å²) in [5.41, 5.74) is 6.91. The lowest BCUT2D eigenvalue weighted by Crippen LogP contribution is -1.86. The molecule has 25 heavy (non-hydrogen) atoms. The van der Waals surface area contributed by atoms with Crippen LogP contribution in [0, 0.1) is 27.7 Å². The van der Waals surface area contributed by atoms with E-state index in [4.69, 9.17) is 5.11 Å². The van der Waals surface area contributed by atoms with Crippen molar-refractivity contribution in [2.45, 2.75) is 27.7 Å². The fourth-order valence-corrected chi connectivity index (χ4v) is 2.05. The van der Waals surface area contributed by atoms with Crippen LogP contribution < -0.4 is 0 Å². The Kier molecular flexibility index (Phi) is 8.07. The maximum atomic E-state index is 10.2. The van der Waals surface area contributed by atoms with Crippen molar-refractivity contribution in [3.8, 4) is 0 Å². The number of carbonyl (C=O) groups excluding carboxylic acids is 1. The van der Waals surface area contributed by atoms with Crippen LogP contribution in [0.3, 0.4) is 0 Å². The van der Waals surface area contributed by atoms with Crippen molar-refractivity contribution >= 4 is 24.4 Å². The maximum Gasteiger partial charge on any atom is 0.328 e. The van der Waals surface area contributed by atoms with Crippen molar-refractivity contribution in [3.05, 3.63) is 81.9 Å². The van der Waals surface area contributed by atoms with Crippen LogP contribution in [0.4, 0.5) is 0 Å².